The van der Waals surface area contributed by atoms with Crippen LogP contribution >= 0.6 is 11.6 Å². The van der Waals surface area contributed by atoms with E-state index >= 15 is 0 Å². The standard InChI is InChI=1S/C25H33ClN2O3/c1-4-19(3)27-25(30)23(5-2)28(18-20-13-15-21(26)16-14-20)24(29)12-9-17-31-22-10-7-6-8-11-22/h6-8,10-11,13-16,19,23H,4-5,9,12,17-18H2,1-3H3,(H,27,30)/t19-,23+/m1/s1. The normalized spacial score (nSPS) is 12.6. The Hall–Kier alpha value is -2.53. The minimum absolute atomic E-state index is 0.0576. The van der Waals surface area contributed by atoms with Gasteiger partial charge in [-0.1, -0.05) is 55.8 Å². The Morgan fingerprint density at radius 2 is 1.71 bits per heavy atom. The van der Waals surface area contributed by atoms with Gasteiger partial charge in [0.15, 0.2) is 0 Å². The maximum Gasteiger partial charge on any atom is 0.243 e. The van der Waals surface area contributed by atoms with E-state index in [-0.39, 0.29) is 17.9 Å². The van der Waals surface area contributed by atoms with E-state index in [2.05, 4.69) is 5.32 Å². The molecule has 2 rings (SSSR count). The molecule has 0 saturated carbocycles. The van der Waals surface area contributed by atoms with Gasteiger partial charge >= 0.3 is 0 Å². The molecule has 0 fully saturated rings. The van der Waals surface area contributed by atoms with Crippen LogP contribution in [-0.4, -0.2) is 35.4 Å². The molecule has 0 aromatic heterocycles. The Morgan fingerprint density at radius 1 is 1.03 bits per heavy atom. The minimum Gasteiger partial charge on any atom is -0.494 e. The zero-order valence-electron chi connectivity index (χ0n) is 18.6. The van der Waals surface area contributed by atoms with Crippen molar-refractivity contribution in [3.8, 4) is 5.75 Å². The van der Waals surface area contributed by atoms with E-state index < -0.39 is 6.04 Å². The highest BCUT2D eigenvalue weighted by Crippen LogP contribution is 2.17. The number of amides is 2. The van der Waals surface area contributed by atoms with Gasteiger partial charge in [0, 0.05) is 24.0 Å². The summed E-state index contributed by atoms with van der Waals surface area (Å²) in [5.74, 6) is 0.616. The van der Waals surface area contributed by atoms with Crippen LogP contribution in [0.2, 0.25) is 5.02 Å². The molecule has 0 bridgehead atoms. The number of nitrogens with zero attached hydrogens (tertiary/aromatic N) is 1. The highest BCUT2D eigenvalue weighted by atomic mass is 35.5. The first-order valence-corrected chi connectivity index (χ1v) is 11.3. The zero-order valence-corrected chi connectivity index (χ0v) is 19.4. The summed E-state index contributed by atoms with van der Waals surface area (Å²) in [6, 6.07) is 16.5. The minimum atomic E-state index is -0.521. The molecule has 0 aliphatic heterocycles. The summed E-state index contributed by atoms with van der Waals surface area (Å²) in [6.45, 7) is 6.73. The lowest BCUT2D eigenvalue weighted by Crippen LogP contribution is -2.50. The van der Waals surface area contributed by atoms with Crippen molar-refractivity contribution >= 4 is 23.4 Å². The lowest BCUT2D eigenvalue weighted by molar-refractivity contribution is -0.141. The zero-order chi connectivity index (χ0) is 22.6. The van der Waals surface area contributed by atoms with Gasteiger partial charge in [-0.2, -0.15) is 0 Å². The van der Waals surface area contributed by atoms with Crippen LogP contribution in [0.1, 0.15) is 52.0 Å². The molecule has 2 aromatic rings. The molecule has 0 aliphatic rings. The van der Waals surface area contributed by atoms with E-state index in [9.17, 15) is 9.59 Å². The summed E-state index contributed by atoms with van der Waals surface area (Å²) in [6.07, 6.45) is 2.27. The molecule has 0 heterocycles. The number of hydrogen-bond acceptors (Lipinski definition) is 3. The molecule has 168 valence electrons. The van der Waals surface area contributed by atoms with Gasteiger partial charge < -0.3 is 15.0 Å². The number of ether oxygens (including phenoxy) is 1. The molecule has 6 heteroatoms. The molecule has 2 atom stereocenters. The topological polar surface area (TPSA) is 58.6 Å². The number of para-hydroxylation sites is 1. The van der Waals surface area contributed by atoms with E-state index in [0.29, 0.717) is 37.4 Å². The van der Waals surface area contributed by atoms with Crippen LogP contribution in [-0.2, 0) is 16.1 Å². The maximum atomic E-state index is 13.2. The number of nitrogens with one attached hydrogen (secondary N) is 1. The third-order valence-electron chi connectivity index (χ3n) is 5.20. The Morgan fingerprint density at radius 3 is 2.32 bits per heavy atom. The molecule has 0 saturated heterocycles. The number of halogens is 1. The quantitative estimate of drug-likeness (QED) is 0.456. The average Bonchev–Trinajstić information content (AvgIpc) is 2.78. The molecule has 1 N–H and O–H groups in total. The lowest BCUT2D eigenvalue weighted by Gasteiger charge is -2.31. The molecule has 2 aromatic carbocycles. The third-order valence-corrected chi connectivity index (χ3v) is 5.45. The summed E-state index contributed by atoms with van der Waals surface area (Å²) >= 11 is 6.00. The molecule has 0 unspecified atom stereocenters. The number of rotatable bonds is 12. The van der Waals surface area contributed by atoms with Crippen molar-refractivity contribution in [3.05, 3.63) is 65.2 Å². The maximum absolute atomic E-state index is 13.2. The highest BCUT2D eigenvalue weighted by molar-refractivity contribution is 6.30. The van der Waals surface area contributed by atoms with Gasteiger partial charge in [0.05, 0.1) is 6.61 Å². The Kier molecular flexibility index (Phi) is 10.4. The van der Waals surface area contributed by atoms with E-state index in [1.807, 2.05) is 63.2 Å². The fourth-order valence-electron chi connectivity index (χ4n) is 3.22. The molecular formula is C25H33ClN2O3. The van der Waals surface area contributed by atoms with Gasteiger partial charge in [-0.3, -0.25) is 9.59 Å². The fraction of sp³-hybridized carbons (Fsp3) is 0.440. The van der Waals surface area contributed by atoms with Gasteiger partial charge in [0.25, 0.3) is 0 Å². The van der Waals surface area contributed by atoms with E-state index in [1.165, 1.54) is 0 Å². The van der Waals surface area contributed by atoms with Gasteiger partial charge in [0.2, 0.25) is 11.8 Å². The predicted octanol–water partition coefficient (Wildman–Crippen LogP) is 5.22. The number of carbonyl (C=O) groups is 2. The van der Waals surface area contributed by atoms with Crippen molar-refractivity contribution in [3.63, 3.8) is 0 Å². The average molecular weight is 445 g/mol. The summed E-state index contributed by atoms with van der Waals surface area (Å²) in [7, 11) is 0. The summed E-state index contributed by atoms with van der Waals surface area (Å²) < 4.78 is 5.70. The molecule has 2 amide bonds. The predicted molar refractivity (Wildman–Crippen MR) is 125 cm³/mol. The van der Waals surface area contributed by atoms with E-state index in [0.717, 1.165) is 17.7 Å². The second kappa shape index (κ2) is 13.0. The molecule has 0 spiro atoms. The number of carbonyl (C=O) groups excluding carboxylic acids is 2. The SMILES string of the molecule is CC[C@@H](C)NC(=O)[C@H](CC)N(Cc1ccc(Cl)cc1)C(=O)CCCOc1ccccc1. The monoisotopic (exact) mass is 444 g/mol. The van der Waals surface area contributed by atoms with Crippen LogP contribution < -0.4 is 10.1 Å². The molecule has 5 nitrogen and oxygen atoms in total. The molecule has 31 heavy (non-hydrogen) atoms. The first-order valence-electron chi connectivity index (χ1n) is 11.0. The summed E-state index contributed by atoms with van der Waals surface area (Å²) in [5, 5.41) is 3.66. The van der Waals surface area contributed by atoms with Gasteiger partial charge in [-0.25, -0.2) is 0 Å². The van der Waals surface area contributed by atoms with Crippen LogP contribution in [0.15, 0.2) is 54.6 Å². The van der Waals surface area contributed by atoms with Crippen molar-refractivity contribution in [2.45, 2.75) is 65.1 Å². The van der Waals surface area contributed by atoms with E-state index in [4.69, 9.17) is 16.3 Å². The molecule has 0 aliphatic carbocycles. The van der Waals surface area contributed by atoms with Gasteiger partial charge in [0.1, 0.15) is 11.8 Å². The third kappa shape index (κ3) is 8.25. The first-order chi connectivity index (χ1) is 14.9. The highest BCUT2D eigenvalue weighted by Gasteiger charge is 2.28. The first kappa shape index (κ1) is 24.7. The van der Waals surface area contributed by atoms with E-state index in [1.54, 1.807) is 17.0 Å². The largest absolute Gasteiger partial charge is 0.494 e. The number of hydrogen-bond donors (Lipinski definition) is 1. The van der Waals surface area contributed by atoms with Crippen molar-refractivity contribution in [2.24, 2.45) is 0 Å². The van der Waals surface area contributed by atoms with Gasteiger partial charge in [-0.05, 0) is 56.0 Å². The Labute approximate surface area is 190 Å². The smallest absolute Gasteiger partial charge is 0.243 e. The summed E-state index contributed by atoms with van der Waals surface area (Å²) in [4.78, 5) is 27.7. The molecule has 0 radical (unpaired) electrons. The Balaban J connectivity index is 2.06. The van der Waals surface area contributed by atoms with Gasteiger partial charge in [-0.15, -0.1) is 0 Å². The summed E-state index contributed by atoms with van der Waals surface area (Å²) in [5.41, 5.74) is 0.938. The van der Waals surface area contributed by atoms with Crippen molar-refractivity contribution in [1.29, 1.82) is 0 Å². The Bertz CT molecular complexity index is 811. The second-order valence-electron chi connectivity index (χ2n) is 7.66. The molecular weight excluding hydrogens is 412 g/mol. The second-order valence-corrected chi connectivity index (χ2v) is 8.09. The van der Waals surface area contributed by atoms with Crippen molar-refractivity contribution in [2.75, 3.05) is 6.61 Å². The number of benzene rings is 2. The van der Waals surface area contributed by atoms with Crippen molar-refractivity contribution < 1.29 is 14.3 Å². The van der Waals surface area contributed by atoms with Crippen LogP contribution in [0, 0.1) is 0 Å². The van der Waals surface area contributed by atoms with Crippen LogP contribution in [0.25, 0.3) is 0 Å². The van der Waals surface area contributed by atoms with Crippen molar-refractivity contribution in [1.82, 2.24) is 10.2 Å². The van der Waals surface area contributed by atoms with Crippen LogP contribution in [0.3, 0.4) is 0 Å². The lowest BCUT2D eigenvalue weighted by atomic mass is 10.1. The van der Waals surface area contributed by atoms with Crippen LogP contribution in [0.5, 0.6) is 5.75 Å². The van der Waals surface area contributed by atoms with Crippen LogP contribution in [0.4, 0.5) is 0 Å². The fourth-order valence-corrected chi connectivity index (χ4v) is 3.35.